The Morgan fingerprint density at radius 1 is 0.683 bits per heavy atom. The second kappa shape index (κ2) is 16.3. The van der Waals surface area contributed by atoms with Crippen molar-refractivity contribution < 1.29 is 33.3 Å². The van der Waals surface area contributed by atoms with Gasteiger partial charge in [0.1, 0.15) is 11.5 Å². The number of hydrogen-bond acceptors (Lipinski definition) is 9. The Morgan fingerprint density at radius 3 is 1.93 bits per heavy atom. The van der Waals surface area contributed by atoms with Gasteiger partial charge in [-0.1, -0.05) is 38.3 Å². The molecule has 3 aromatic rings. The lowest BCUT2D eigenvalue weighted by molar-refractivity contribution is -0.128. The number of benzene rings is 3. The van der Waals surface area contributed by atoms with Gasteiger partial charge in [-0.15, -0.1) is 0 Å². The highest BCUT2D eigenvalue weighted by molar-refractivity contribution is 5.92. The van der Waals surface area contributed by atoms with E-state index in [4.69, 9.17) is 30.4 Å². The molecule has 9 heteroatoms. The van der Waals surface area contributed by atoms with E-state index >= 15 is 0 Å². The Bertz CT molecular complexity index is 1300. The first-order valence-corrected chi connectivity index (χ1v) is 13.6. The molecule has 41 heavy (non-hydrogen) atoms. The minimum atomic E-state index is -0.557. The Kier molecular flexibility index (Phi) is 12.3. The Morgan fingerprint density at radius 2 is 1.29 bits per heavy atom. The van der Waals surface area contributed by atoms with Crippen LogP contribution in [0.3, 0.4) is 0 Å². The summed E-state index contributed by atoms with van der Waals surface area (Å²) in [6.45, 7) is 2.97. The van der Waals surface area contributed by atoms with E-state index in [0.717, 1.165) is 18.6 Å². The van der Waals surface area contributed by atoms with Gasteiger partial charge < -0.3 is 30.4 Å². The van der Waals surface area contributed by atoms with Crippen LogP contribution in [0, 0.1) is 0 Å². The fourth-order valence-electron chi connectivity index (χ4n) is 3.72. The third-order valence-corrected chi connectivity index (χ3v) is 5.84. The third kappa shape index (κ3) is 11.1. The maximum absolute atomic E-state index is 12.3. The summed E-state index contributed by atoms with van der Waals surface area (Å²) in [5.41, 5.74) is 13.4. The summed E-state index contributed by atoms with van der Waals surface area (Å²) < 4.78 is 21.4. The van der Waals surface area contributed by atoms with Gasteiger partial charge in [0.05, 0.1) is 30.9 Å². The summed E-state index contributed by atoms with van der Waals surface area (Å²) in [5.74, 6) is -0.442. The fraction of sp³-hybridized carbons (Fsp3) is 0.281. The standard InChI is InChI=1S/C32H36N2O7/c1-2-3-4-5-17-38-28-12-14-29(15-13-28)41-30(35)16-9-23-7-10-24(11-8-23)31(36)39-18-6-19-40-32(37)25-20-26(33)22-27(34)21-25/h7-16,20-22H,2-6,17-19,33-34H2,1H3/b16-9+. The molecule has 0 radical (unpaired) electrons. The molecule has 216 valence electrons. The maximum Gasteiger partial charge on any atom is 0.338 e. The number of carbonyl (C=O) groups is 3. The smallest absolute Gasteiger partial charge is 0.338 e. The zero-order valence-electron chi connectivity index (χ0n) is 23.2. The molecule has 0 unspecified atom stereocenters. The summed E-state index contributed by atoms with van der Waals surface area (Å²) in [6, 6.07) is 18.0. The highest BCUT2D eigenvalue weighted by atomic mass is 16.5. The lowest BCUT2D eigenvalue weighted by atomic mass is 10.1. The number of anilines is 2. The maximum atomic E-state index is 12.3. The number of hydrogen-bond donors (Lipinski definition) is 2. The second-order valence-electron chi connectivity index (χ2n) is 9.27. The molecule has 0 amide bonds. The highest BCUT2D eigenvalue weighted by Gasteiger charge is 2.10. The molecule has 0 saturated carbocycles. The molecule has 0 spiro atoms. The molecule has 0 fully saturated rings. The Labute approximate surface area is 240 Å². The first kappa shape index (κ1) is 30.7. The summed E-state index contributed by atoms with van der Waals surface area (Å²) in [7, 11) is 0. The molecule has 0 heterocycles. The average molecular weight is 561 g/mol. The highest BCUT2D eigenvalue weighted by Crippen LogP contribution is 2.19. The van der Waals surface area contributed by atoms with Crippen molar-refractivity contribution >= 4 is 35.4 Å². The van der Waals surface area contributed by atoms with Crippen LogP contribution in [0.15, 0.2) is 72.8 Å². The molecule has 0 bridgehead atoms. The Hall–Kier alpha value is -4.79. The molecule has 0 aliphatic carbocycles. The molecule has 3 rings (SSSR count). The van der Waals surface area contributed by atoms with E-state index < -0.39 is 17.9 Å². The lowest BCUT2D eigenvalue weighted by Crippen LogP contribution is -2.11. The van der Waals surface area contributed by atoms with Crippen molar-refractivity contribution in [3.05, 3.63) is 89.5 Å². The van der Waals surface area contributed by atoms with E-state index in [1.807, 2.05) is 0 Å². The summed E-state index contributed by atoms with van der Waals surface area (Å²) in [5, 5.41) is 0. The fourth-order valence-corrected chi connectivity index (χ4v) is 3.72. The van der Waals surface area contributed by atoms with Gasteiger partial charge in [-0.2, -0.15) is 0 Å². The monoisotopic (exact) mass is 560 g/mol. The van der Waals surface area contributed by atoms with E-state index in [1.54, 1.807) is 60.7 Å². The van der Waals surface area contributed by atoms with Crippen molar-refractivity contribution in [1.82, 2.24) is 0 Å². The number of nitrogens with two attached hydrogens (primary N) is 2. The van der Waals surface area contributed by atoms with Crippen LogP contribution in [0.5, 0.6) is 11.5 Å². The molecular weight excluding hydrogens is 524 g/mol. The van der Waals surface area contributed by atoms with Crippen molar-refractivity contribution in [2.24, 2.45) is 0 Å². The van der Waals surface area contributed by atoms with E-state index in [0.29, 0.717) is 41.3 Å². The number of rotatable bonds is 15. The number of carbonyl (C=O) groups excluding carboxylic acids is 3. The zero-order chi connectivity index (χ0) is 29.5. The van der Waals surface area contributed by atoms with Crippen LogP contribution in [-0.4, -0.2) is 37.7 Å². The molecule has 0 saturated heterocycles. The van der Waals surface area contributed by atoms with E-state index in [-0.39, 0.29) is 18.8 Å². The van der Waals surface area contributed by atoms with Crippen molar-refractivity contribution in [1.29, 1.82) is 0 Å². The first-order valence-electron chi connectivity index (χ1n) is 13.6. The molecule has 0 aliphatic heterocycles. The van der Waals surface area contributed by atoms with Gasteiger partial charge in [-0.25, -0.2) is 14.4 Å². The molecule has 9 nitrogen and oxygen atoms in total. The summed E-state index contributed by atoms with van der Waals surface area (Å²) >= 11 is 0. The van der Waals surface area contributed by atoms with E-state index in [1.165, 1.54) is 31.1 Å². The largest absolute Gasteiger partial charge is 0.494 e. The van der Waals surface area contributed by atoms with Crippen molar-refractivity contribution in [2.75, 3.05) is 31.3 Å². The van der Waals surface area contributed by atoms with Gasteiger partial charge in [0.15, 0.2) is 0 Å². The van der Waals surface area contributed by atoms with Gasteiger partial charge in [-0.05, 0) is 72.7 Å². The van der Waals surface area contributed by atoms with Gasteiger partial charge in [0.2, 0.25) is 0 Å². The van der Waals surface area contributed by atoms with Crippen LogP contribution in [0.1, 0.15) is 65.3 Å². The Balaban J connectivity index is 1.35. The second-order valence-corrected chi connectivity index (χ2v) is 9.27. The van der Waals surface area contributed by atoms with Crippen LogP contribution in [0.2, 0.25) is 0 Å². The molecule has 3 aromatic carbocycles. The first-order chi connectivity index (χ1) is 19.8. The number of unbranched alkanes of at least 4 members (excludes halogenated alkanes) is 3. The van der Waals surface area contributed by atoms with Crippen LogP contribution < -0.4 is 20.9 Å². The minimum absolute atomic E-state index is 0.0672. The zero-order valence-corrected chi connectivity index (χ0v) is 23.2. The van der Waals surface area contributed by atoms with Crippen molar-refractivity contribution in [2.45, 2.75) is 39.0 Å². The SMILES string of the molecule is CCCCCCOc1ccc(OC(=O)/C=C/c2ccc(C(=O)OCCCOC(=O)c3cc(N)cc(N)c3)cc2)cc1. The molecule has 0 aliphatic rings. The van der Waals surface area contributed by atoms with E-state index in [2.05, 4.69) is 6.92 Å². The van der Waals surface area contributed by atoms with Crippen LogP contribution in [-0.2, 0) is 14.3 Å². The molecular formula is C32H36N2O7. The van der Waals surface area contributed by atoms with Gasteiger partial charge in [0.25, 0.3) is 0 Å². The van der Waals surface area contributed by atoms with Gasteiger partial charge in [-0.3, -0.25) is 0 Å². The van der Waals surface area contributed by atoms with Crippen LogP contribution >= 0.6 is 0 Å². The number of nitrogen functional groups attached to an aromatic ring is 2. The summed E-state index contributed by atoms with van der Waals surface area (Å²) in [4.78, 5) is 36.5. The minimum Gasteiger partial charge on any atom is -0.494 e. The topological polar surface area (TPSA) is 140 Å². The summed E-state index contributed by atoms with van der Waals surface area (Å²) in [6.07, 6.45) is 7.77. The normalized spacial score (nSPS) is 10.8. The van der Waals surface area contributed by atoms with Gasteiger partial charge in [0, 0.05) is 23.9 Å². The average Bonchev–Trinajstić information content (AvgIpc) is 2.96. The van der Waals surface area contributed by atoms with Crippen molar-refractivity contribution in [3.8, 4) is 11.5 Å². The predicted octanol–water partition coefficient (Wildman–Crippen LogP) is 5.83. The van der Waals surface area contributed by atoms with Crippen LogP contribution in [0.25, 0.3) is 6.08 Å². The molecule has 4 N–H and O–H groups in total. The lowest BCUT2D eigenvalue weighted by Gasteiger charge is -2.08. The van der Waals surface area contributed by atoms with E-state index in [9.17, 15) is 14.4 Å². The number of esters is 3. The number of ether oxygens (including phenoxy) is 4. The van der Waals surface area contributed by atoms with Crippen molar-refractivity contribution in [3.63, 3.8) is 0 Å². The predicted molar refractivity (Wildman–Crippen MR) is 158 cm³/mol. The quantitative estimate of drug-likeness (QED) is 0.0772. The third-order valence-electron chi connectivity index (χ3n) is 5.84. The molecule has 0 atom stereocenters. The van der Waals surface area contributed by atoms with Gasteiger partial charge >= 0.3 is 17.9 Å². The van der Waals surface area contributed by atoms with Crippen LogP contribution in [0.4, 0.5) is 11.4 Å². The molecule has 0 aromatic heterocycles.